The number of alkyl halides is 3. The summed E-state index contributed by atoms with van der Waals surface area (Å²) >= 11 is 0. The summed E-state index contributed by atoms with van der Waals surface area (Å²) in [5, 5.41) is 16.9. The van der Waals surface area contributed by atoms with Crippen LogP contribution >= 0.6 is 0 Å². The molecule has 86 valence electrons. The zero-order chi connectivity index (χ0) is 12.9. The topological polar surface area (TPSA) is 47.6 Å². The summed E-state index contributed by atoms with van der Waals surface area (Å²) < 4.78 is 36.7. The van der Waals surface area contributed by atoms with E-state index in [9.17, 15) is 13.2 Å². The maximum atomic E-state index is 12.2. The Kier molecular flexibility index (Phi) is 3.90. The maximum Gasteiger partial charge on any atom is 0.416 e. The largest absolute Gasteiger partial charge is 0.416 e. The van der Waals surface area contributed by atoms with Gasteiger partial charge >= 0.3 is 6.18 Å². The van der Waals surface area contributed by atoms with Gasteiger partial charge in [-0.1, -0.05) is 18.2 Å². The second-order valence-corrected chi connectivity index (χ2v) is 3.24. The van der Waals surface area contributed by atoms with Crippen molar-refractivity contribution in [3.63, 3.8) is 0 Å². The Morgan fingerprint density at radius 1 is 1.12 bits per heavy atom. The van der Waals surface area contributed by atoms with E-state index >= 15 is 0 Å². The molecule has 0 unspecified atom stereocenters. The van der Waals surface area contributed by atoms with Gasteiger partial charge in [-0.15, -0.1) is 0 Å². The van der Waals surface area contributed by atoms with E-state index in [2.05, 4.69) is 0 Å². The molecule has 0 bridgehead atoms. The summed E-state index contributed by atoms with van der Waals surface area (Å²) in [7, 11) is 0. The summed E-state index contributed by atoms with van der Waals surface area (Å²) in [5.74, 6) is 0. The molecule has 0 amide bonds. The van der Waals surface area contributed by atoms with Gasteiger partial charge in [-0.2, -0.15) is 23.7 Å². The van der Waals surface area contributed by atoms with Crippen LogP contribution in [-0.4, -0.2) is 0 Å². The summed E-state index contributed by atoms with van der Waals surface area (Å²) in [6.45, 7) is 0. The van der Waals surface area contributed by atoms with Crippen LogP contribution in [0.3, 0.4) is 0 Å². The second kappa shape index (κ2) is 5.18. The molecule has 2 nitrogen and oxygen atoms in total. The first-order valence-electron chi connectivity index (χ1n) is 4.64. The minimum atomic E-state index is -4.35. The van der Waals surface area contributed by atoms with Gasteiger partial charge in [0.25, 0.3) is 0 Å². The number of hydrogen-bond donors (Lipinski definition) is 0. The fraction of sp³-hybridized carbons (Fsp3) is 0.167. The zero-order valence-electron chi connectivity index (χ0n) is 8.62. The van der Waals surface area contributed by atoms with Crippen molar-refractivity contribution >= 4 is 0 Å². The van der Waals surface area contributed by atoms with Crippen molar-refractivity contribution in [3.8, 4) is 12.1 Å². The van der Waals surface area contributed by atoms with E-state index in [0.29, 0.717) is 5.56 Å². The molecule has 0 aliphatic rings. The van der Waals surface area contributed by atoms with Crippen LogP contribution in [0, 0.1) is 22.7 Å². The molecule has 0 heterocycles. The number of nitriles is 2. The van der Waals surface area contributed by atoms with Gasteiger partial charge in [0.1, 0.15) is 17.7 Å². The molecule has 0 atom stereocenters. The SMILES string of the molecule is N#CC(C#N)=CCc1ccc(C(F)(F)F)cc1. The lowest BCUT2D eigenvalue weighted by molar-refractivity contribution is -0.137. The highest BCUT2D eigenvalue weighted by molar-refractivity contribution is 5.37. The summed E-state index contributed by atoms with van der Waals surface area (Å²) in [6.07, 6.45) is -2.71. The van der Waals surface area contributed by atoms with Crippen molar-refractivity contribution in [3.05, 3.63) is 47.0 Å². The third kappa shape index (κ3) is 3.66. The lowest BCUT2D eigenvalue weighted by Crippen LogP contribution is -2.04. The standard InChI is InChI=1S/C12H7F3N2/c13-12(14,15)11-5-3-9(4-6-11)1-2-10(7-16)8-17/h2-6H,1H2. The number of hydrogen-bond acceptors (Lipinski definition) is 2. The predicted molar refractivity (Wildman–Crippen MR) is 54.5 cm³/mol. The average Bonchev–Trinajstić information content (AvgIpc) is 2.30. The van der Waals surface area contributed by atoms with Crippen molar-refractivity contribution in [2.24, 2.45) is 0 Å². The minimum Gasteiger partial charge on any atom is -0.192 e. The summed E-state index contributed by atoms with van der Waals surface area (Å²) in [5.41, 5.74) is -0.156. The molecule has 0 N–H and O–H groups in total. The molecule has 0 radical (unpaired) electrons. The van der Waals surface area contributed by atoms with Crippen LogP contribution in [0.15, 0.2) is 35.9 Å². The van der Waals surface area contributed by atoms with Gasteiger partial charge in [-0.05, 0) is 24.1 Å². The van der Waals surface area contributed by atoms with Gasteiger partial charge in [0.05, 0.1) is 5.56 Å². The zero-order valence-corrected chi connectivity index (χ0v) is 8.62. The maximum absolute atomic E-state index is 12.2. The third-order valence-corrected chi connectivity index (χ3v) is 2.06. The van der Waals surface area contributed by atoms with Crippen molar-refractivity contribution in [1.29, 1.82) is 10.5 Å². The number of rotatable bonds is 2. The molecule has 0 fully saturated rings. The highest BCUT2D eigenvalue weighted by atomic mass is 19.4. The van der Waals surface area contributed by atoms with E-state index in [4.69, 9.17) is 10.5 Å². The van der Waals surface area contributed by atoms with E-state index in [0.717, 1.165) is 12.1 Å². The smallest absolute Gasteiger partial charge is 0.192 e. The molecule has 1 aromatic rings. The molecular formula is C12H7F3N2. The summed E-state index contributed by atoms with van der Waals surface area (Å²) in [4.78, 5) is 0. The monoisotopic (exact) mass is 236 g/mol. The Morgan fingerprint density at radius 3 is 2.06 bits per heavy atom. The predicted octanol–water partition coefficient (Wildman–Crippen LogP) is 3.22. The average molecular weight is 236 g/mol. The van der Waals surface area contributed by atoms with Gasteiger partial charge in [0.2, 0.25) is 0 Å². The van der Waals surface area contributed by atoms with Crippen molar-refractivity contribution in [1.82, 2.24) is 0 Å². The summed E-state index contributed by atoms with van der Waals surface area (Å²) in [6, 6.07) is 7.95. The van der Waals surface area contributed by atoms with Gasteiger partial charge < -0.3 is 0 Å². The number of nitrogens with zero attached hydrogens (tertiary/aromatic N) is 2. The first-order chi connectivity index (χ1) is 7.97. The Labute approximate surface area is 96.2 Å². The first kappa shape index (κ1) is 12.8. The molecule has 17 heavy (non-hydrogen) atoms. The Morgan fingerprint density at radius 2 is 1.65 bits per heavy atom. The number of halogens is 3. The van der Waals surface area contributed by atoms with E-state index in [1.165, 1.54) is 18.2 Å². The van der Waals surface area contributed by atoms with Crippen LogP contribution in [0.25, 0.3) is 0 Å². The number of benzene rings is 1. The molecule has 0 saturated carbocycles. The molecular weight excluding hydrogens is 229 g/mol. The Bertz CT molecular complexity index is 483. The van der Waals surface area contributed by atoms with Crippen molar-refractivity contribution in [2.45, 2.75) is 12.6 Å². The van der Waals surface area contributed by atoms with Crippen LogP contribution in [0.4, 0.5) is 13.2 Å². The lowest BCUT2D eigenvalue weighted by atomic mass is 10.1. The molecule has 0 aromatic heterocycles. The molecule has 1 rings (SSSR count). The first-order valence-corrected chi connectivity index (χ1v) is 4.64. The fourth-order valence-electron chi connectivity index (χ4n) is 1.17. The number of allylic oxidation sites excluding steroid dienone is 2. The molecule has 1 aromatic carbocycles. The molecule has 5 heteroatoms. The van der Waals surface area contributed by atoms with Gasteiger partial charge in [0, 0.05) is 0 Å². The van der Waals surface area contributed by atoms with Gasteiger partial charge in [0.15, 0.2) is 0 Å². The van der Waals surface area contributed by atoms with Crippen LogP contribution in [0.2, 0.25) is 0 Å². The van der Waals surface area contributed by atoms with E-state index < -0.39 is 11.7 Å². The van der Waals surface area contributed by atoms with Crippen LogP contribution in [-0.2, 0) is 12.6 Å². The fourth-order valence-corrected chi connectivity index (χ4v) is 1.17. The highest BCUT2D eigenvalue weighted by Crippen LogP contribution is 2.29. The van der Waals surface area contributed by atoms with E-state index in [1.54, 1.807) is 12.1 Å². The molecule has 0 saturated heterocycles. The third-order valence-electron chi connectivity index (χ3n) is 2.06. The molecule has 0 spiro atoms. The van der Waals surface area contributed by atoms with E-state index in [-0.39, 0.29) is 12.0 Å². The van der Waals surface area contributed by atoms with Crippen LogP contribution in [0.5, 0.6) is 0 Å². The Hall–Kier alpha value is -2.27. The second-order valence-electron chi connectivity index (χ2n) is 3.24. The normalized spacial score (nSPS) is 10.2. The van der Waals surface area contributed by atoms with Crippen molar-refractivity contribution in [2.75, 3.05) is 0 Å². The van der Waals surface area contributed by atoms with E-state index in [1.807, 2.05) is 0 Å². The molecule has 0 aliphatic carbocycles. The lowest BCUT2D eigenvalue weighted by Gasteiger charge is -2.06. The minimum absolute atomic E-state index is 0.0510. The quantitative estimate of drug-likeness (QED) is 0.740. The highest BCUT2D eigenvalue weighted by Gasteiger charge is 2.29. The van der Waals surface area contributed by atoms with Crippen LogP contribution in [0.1, 0.15) is 11.1 Å². The van der Waals surface area contributed by atoms with Gasteiger partial charge in [-0.25, -0.2) is 0 Å². The Balaban J connectivity index is 2.81. The van der Waals surface area contributed by atoms with Gasteiger partial charge in [-0.3, -0.25) is 0 Å². The van der Waals surface area contributed by atoms with Crippen molar-refractivity contribution < 1.29 is 13.2 Å². The molecule has 0 aliphatic heterocycles. The van der Waals surface area contributed by atoms with Crippen LogP contribution < -0.4 is 0 Å².